The molecule has 0 atom stereocenters. The van der Waals surface area contributed by atoms with E-state index >= 15 is 0 Å². The van der Waals surface area contributed by atoms with Crippen molar-refractivity contribution < 1.29 is 4.79 Å². The molecule has 4 rings (SSSR count). The van der Waals surface area contributed by atoms with Gasteiger partial charge in [-0.05, 0) is 42.1 Å². The quantitative estimate of drug-likeness (QED) is 0.615. The third kappa shape index (κ3) is 2.71. The number of hydrogen-bond donors (Lipinski definition) is 1. The Kier molecular flexibility index (Phi) is 3.35. The summed E-state index contributed by atoms with van der Waals surface area (Å²) in [6.07, 6.45) is 1.94. The normalized spacial score (nSPS) is 11.2. The summed E-state index contributed by atoms with van der Waals surface area (Å²) in [7, 11) is 0. The van der Waals surface area contributed by atoms with Gasteiger partial charge in [-0.1, -0.05) is 35.6 Å². The average molecular weight is 321 g/mol. The molecule has 0 saturated heterocycles. The minimum atomic E-state index is -0.0675. The number of carbonyl (C=O) groups is 1. The number of carbonyl (C=O) groups excluding carboxylic acids is 1. The molecule has 0 spiro atoms. The van der Waals surface area contributed by atoms with E-state index in [1.807, 2.05) is 53.2 Å². The number of para-hydroxylation sites is 1. The molecule has 4 nitrogen and oxygen atoms in total. The molecule has 1 N–H and O–H groups in total. The Balaban J connectivity index is 1.54. The van der Waals surface area contributed by atoms with Crippen LogP contribution in [0.5, 0.6) is 0 Å². The number of aromatic nitrogens is 2. The van der Waals surface area contributed by atoms with Crippen LogP contribution in [-0.2, 0) is 11.3 Å². The van der Waals surface area contributed by atoms with Crippen molar-refractivity contribution in [3.05, 3.63) is 60.3 Å². The fraction of sp³-hybridized carbons (Fsp3) is 0.111. The summed E-state index contributed by atoms with van der Waals surface area (Å²) in [5, 5.41) is 4.68. The number of rotatable bonds is 3. The molecular formula is C18H15N3OS. The SMILES string of the molecule is Cc1ccc2nc(NC(=O)Cn3ccc4ccccc43)sc2c1. The van der Waals surface area contributed by atoms with Gasteiger partial charge in [0.05, 0.1) is 10.2 Å². The van der Waals surface area contributed by atoms with Crippen molar-refractivity contribution in [2.75, 3.05) is 5.32 Å². The summed E-state index contributed by atoms with van der Waals surface area (Å²) in [5.74, 6) is -0.0675. The number of anilines is 1. The molecule has 23 heavy (non-hydrogen) atoms. The molecule has 2 aromatic carbocycles. The Bertz CT molecular complexity index is 1020. The monoisotopic (exact) mass is 321 g/mol. The van der Waals surface area contributed by atoms with Crippen LogP contribution in [0.3, 0.4) is 0 Å². The van der Waals surface area contributed by atoms with Crippen molar-refractivity contribution >= 4 is 43.5 Å². The van der Waals surface area contributed by atoms with Gasteiger partial charge in [0.2, 0.25) is 5.91 Å². The van der Waals surface area contributed by atoms with Gasteiger partial charge in [0.1, 0.15) is 6.54 Å². The number of fused-ring (bicyclic) bond motifs is 2. The number of thiazole rings is 1. The van der Waals surface area contributed by atoms with Crippen LogP contribution in [-0.4, -0.2) is 15.5 Å². The largest absolute Gasteiger partial charge is 0.338 e. The second kappa shape index (κ2) is 5.52. The lowest BCUT2D eigenvalue weighted by Gasteiger charge is -2.05. The summed E-state index contributed by atoms with van der Waals surface area (Å²) >= 11 is 1.50. The molecule has 0 bridgehead atoms. The fourth-order valence-corrected chi connectivity index (χ4v) is 3.66. The van der Waals surface area contributed by atoms with Gasteiger partial charge < -0.3 is 9.88 Å². The molecule has 1 amide bonds. The van der Waals surface area contributed by atoms with E-state index in [0.29, 0.717) is 5.13 Å². The first kappa shape index (κ1) is 14.0. The van der Waals surface area contributed by atoms with Gasteiger partial charge in [0.25, 0.3) is 0 Å². The topological polar surface area (TPSA) is 46.9 Å². The smallest absolute Gasteiger partial charge is 0.246 e. The highest BCUT2D eigenvalue weighted by Gasteiger charge is 2.10. The molecule has 0 saturated carbocycles. The molecule has 114 valence electrons. The maximum Gasteiger partial charge on any atom is 0.246 e. The maximum atomic E-state index is 12.3. The number of benzene rings is 2. The van der Waals surface area contributed by atoms with Crippen molar-refractivity contribution in [3.8, 4) is 0 Å². The van der Waals surface area contributed by atoms with E-state index < -0.39 is 0 Å². The van der Waals surface area contributed by atoms with Gasteiger partial charge in [-0.25, -0.2) is 4.98 Å². The predicted octanol–water partition coefficient (Wildman–Crippen LogP) is 4.20. The Morgan fingerprint density at radius 3 is 3.00 bits per heavy atom. The zero-order valence-electron chi connectivity index (χ0n) is 12.6. The lowest BCUT2D eigenvalue weighted by atomic mass is 10.2. The van der Waals surface area contributed by atoms with E-state index in [0.717, 1.165) is 21.1 Å². The molecule has 0 aliphatic heterocycles. The van der Waals surface area contributed by atoms with E-state index in [2.05, 4.69) is 23.3 Å². The van der Waals surface area contributed by atoms with Crippen LogP contribution in [0.2, 0.25) is 0 Å². The van der Waals surface area contributed by atoms with E-state index in [1.54, 1.807) is 0 Å². The van der Waals surface area contributed by atoms with Crippen molar-refractivity contribution in [2.45, 2.75) is 13.5 Å². The van der Waals surface area contributed by atoms with Crippen LogP contribution in [0.4, 0.5) is 5.13 Å². The molecule has 2 aromatic heterocycles. The van der Waals surface area contributed by atoms with Crippen molar-refractivity contribution in [1.29, 1.82) is 0 Å². The zero-order valence-corrected chi connectivity index (χ0v) is 13.4. The molecule has 0 fully saturated rings. The minimum Gasteiger partial charge on any atom is -0.338 e. The number of nitrogens with one attached hydrogen (secondary N) is 1. The Labute approximate surface area is 137 Å². The van der Waals surface area contributed by atoms with E-state index in [1.165, 1.54) is 16.9 Å². The van der Waals surface area contributed by atoms with Gasteiger partial charge in [-0.15, -0.1) is 0 Å². The molecule has 5 heteroatoms. The first-order chi connectivity index (χ1) is 11.2. The third-order valence-electron chi connectivity index (χ3n) is 3.78. The van der Waals surface area contributed by atoms with Crippen molar-refractivity contribution in [3.63, 3.8) is 0 Å². The zero-order chi connectivity index (χ0) is 15.8. The van der Waals surface area contributed by atoms with E-state index in [-0.39, 0.29) is 12.5 Å². The maximum absolute atomic E-state index is 12.3. The lowest BCUT2D eigenvalue weighted by Crippen LogP contribution is -2.18. The Morgan fingerprint density at radius 2 is 2.09 bits per heavy atom. The van der Waals surface area contributed by atoms with Crippen LogP contribution >= 0.6 is 11.3 Å². The first-order valence-electron chi connectivity index (χ1n) is 7.40. The van der Waals surface area contributed by atoms with Crippen LogP contribution < -0.4 is 5.32 Å². The highest BCUT2D eigenvalue weighted by Crippen LogP contribution is 2.26. The lowest BCUT2D eigenvalue weighted by molar-refractivity contribution is -0.116. The number of hydrogen-bond acceptors (Lipinski definition) is 3. The Morgan fingerprint density at radius 1 is 1.22 bits per heavy atom. The minimum absolute atomic E-state index is 0.0675. The predicted molar refractivity (Wildman–Crippen MR) is 94.9 cm³/mol. The third-order valence-corrected chi connectivity index (χ3v) is 4.72. The molecule has 0 unspecified atom stereocenters. The number of nitrogens with zero attached hydrogens (tertiary/aromatic N) is 2. The number of aryl methyl sites for hydroxylation is 1. The first-order valence-corrected chi connectivity index (χ1v) is 8.22. The molecular weight excluding hydrogens is 306 g/mol. The second-order valence-corrected chi connectivity index (χ2v) is 6.57. The summed E-state index contributed by atoms with van der Waals surface area (Å²) in [5.41, 5.74) is 3.17. The highest BCUT2D eigenvalue weighted by molar-refractivity contribution is 7.22. The van der Waals surface area contributed by atoms with Gasteiger partial charge in [0.15, 0.2) is 5.13 Å². The number of amides is 1. The molecule has 2 heterocycles. The van der Waals surface area contributed by atoms with Gasteiger partial charge in [-0.2, -0.15) is 0 Å². The van der Waals surface area contributed by atoms with Crippen molar-refractivity contribution in [1.82, 2.24) is 9.55 Å². The average Bonchev–Trinajstić information content (AvgIpc) is 3.11. The van der Waals surface area contributed by atoms with Gasteiger partial charge in [0, 0.05) is 11.7 Å². The summed E-state index contributed by atoms with van der Waals surface area (Å²) < 4.78 is 3.04. The van der Waals surface area contributed by atoms with Crippen LogP contribution in [0.15, 0.2) is 54.7 Å². The highest BCUT2D eigenvalue weighted by atomic mass is 32.1. The van der Waals surface area contributed by atoms with E-state index in [4.69, 9.17) is 0 Å². The molecule has 0 aliphatic carbocycles. The van der Waals surface area contributed by atoms with E-state index in [9.17, 15) is 4.79 Å². The van der Waals surface area contributed by atoms with Crippen LogP contribution in [0.25, 0.3) is 21.1 Å². The fourth-order valence-electron chi connectivity index (χ4n) is 2.68. The second-order valence-electron chi connectivity index (χ2n) is 5.54. The molecule has 4 aromatic rings. The van der Waals surface area contributed by atoms with Crippen LogP contribution in [0, 0.1) is 6.92 Å². The van der Waals surface area contributed by atoms with Crippen molar-refractivity contribution in [2.24, 2.45) is 0 Å². The summed E-state index contributed by atoms with van der Waals surface area (Å²) in [4.78, 5) is 16.8. The van der Waals surface area contributed by atoms with Gasteiger partial charge >= 0.3 is 0 Å². The molecule has 0 radical (unpaired) electrons. The van der Waals surface area contributed by atoms with Gasteiger partial charge in [-0.3, -0.25) is 4.79 Å². The standard InChI is InChI=1S/C18H15N3OS/c1-12-6-7-14-16(10-12)23-18(19-14)20-17(22)11-21-9-8-13-4-2-3-5-15(13)21/h2-10H,11H2,1H3,(H,19,20,22). The molecule has 0 aliphatic rings. The Hall–Kier alpha value is -2.66. The summed E-state index contributed by atoms with van der Waals surface area (Å²) in [6, 6.07) is 16.1. The summed E-state index contributed by atoms with van der Waals surface area (Å²) in [6.45, 7) is 2.33. The van der Waals surface area contributed by atoms with Crippen LogP contribution in [0.1, 0.15) is 5.56 Å².